The van der Waals surface area contributed by atoms with Crippen LogP contribution in [-0.2, 0) is 16.4 Å². The van der Waals surface area contributed by atoms with E-state index in [4.69, 9.17) is 0 Å². The summed E-state index contributed by atoms with van der Waals surface area (Å²) in [7, 11) is -3.90. The van der Waals surface area contributed by atoms with Gasteiger partial charge in [0.2, 0.25) is 0 Å². The largest absolute Gasteiger partial charge is 0.337 e. The molecule has 4 rings (SSSR count). The van der Waals surface area contributed by atoms with E-state index in [1.807, 2.05) is 48.9 Å². The Kier molecular flexibility index (Phi) is 5.91. The zero-order chi connectivity index (χ0) is 22.7. The highest BCUT2D eigenvalue weighted by Crippen LogP contribution is 2.20. The minimum atomic E-state index is -3.90. The lowest BCUT2D eigenvalue weighted by atomic mass is 10.1. The molecule has 0 spiro atoms. The van der Waals surface area contributed by atoms with E-state index >= 15 is 0 Å². The number of hydrogen-bond acceptors (Lipinski definition) is 5. The summed E-state index contributed by atoms with van der Waals surface area (Å²) >= 11 is 0. The molecule has 4 aromatic rings. The van der Waals surface area contributed by atoms with Gasteiger partial charge in [0, 0.05) is 18.4 Å². The predicted octanol–water partition coefficient (Wildman–Crippen LogP) is 3.27. The van der Waals surface area contributed by atoms with Gasteiger partial charge in [0.25, 0.3) is 10.0 Å². The number of hydrogen-bond donors (Lipinski definition) is 2. The lowest BCUT2D eigenvalue weighted by Gasteiger charge is -2.10. The number of carbonyl (C=O) groups is 1. The first-order chi connectivity index (χ1) is 15.3. The van der Waals surface area contributed by atoms with E-state index in [9.17, 15) is 13.2 Å². The van der Waals surface area contributed by atoms with Crippen LogP contribution >= 0.6 is 0 Å². The van der Waals surface area contributed by atoms with E-state index in [1.165, 1.54) is 12.1 Å². The third-order valence-electron chi connectivity index (χ3n) is 5.08. The van der Waals surface area contributed by atoms with Crippen molar-refractivity contribution in [2.24, 2.45) is 0 Å². The zero-order valence-electron chi connectivity index (χ0n) is 17.7. The molecule has 2 amide bonds. The Morgan fingerprint density at radius 2 is 1.72 bits per heavy atom. The molecule has 164 valence electrons. The molecule has 0 unspecified atom stereocenters. The molecule has 0 radical (unpaired) electrons. The van der Waals surface area contributed by atoms with Crippen molar-refractivity contribution in [3.63, 3.8) is 0 Å². The Hall–Kier alpha value is -3.72. The molecule has 0 atom stereocenters. The molecule has 2 aromatic heterocycles. The topological polar surface area (TPSA) is 106 Å². The maximum atomic E-state index is 12.3. The molecule has 0 aliphatic carbocycles. The average Bonchev–Trinajstić information content (AvgIpc) is 3.10. The number of amides is 2. The van der Waals surface area contributed by atoms with Gasteiger partial charge in [-0.15, -0.1) is 0 Å². The van der Waals surface area contributed by atoms with E-state index in [1.54, 1.807) is 24.5 Å². The van der Waals surface area contributed by atoms with Crippen LogP contribution in [0, 0.1) is 13.8 Å². The number of nitrogens with zero attached hydrogens (tertiary/aromatic N) is 3. The summed E-state index contributed by atoms with van der Waals surface area (Å²) in [5.41, 5.74) is 4.75. The number of nitrogens with one attached hydrogen (secondary N) is 2. The first-order valence-corrected chi connectivity index (χ1v) is 11.6. The monoisotopic (exact) mass is 449 g/mol. The van der Waals surface area contributed by atoms with Gasteiger partial charge in [-0.2, -0.15) is 0 Å². The number of aromatic nitrogens is 3. The molecule has 0 aliphatic rings. The standard InChI is InChI=1S/C23H23N5O3S/c1-16-3-9-20(10-4-16)32(30,31)27-23(29)25-14-11-18-5-7-19(8-6-18)28-17(2)26-21-15-24-13-12-22(21)28/h3-10,12-13,15H,11,14H2,1-2H3,(H2,25,27,29). The summed E-state index contributed by atoms with van der Waals surface area (Å²) in [6.45, 7) is 4.10. The third kappa shape index (κ3) is 4.62. The quantitative estimate of drug-likeness (QED) is 0.470. The molecular formula is C23H23N5O3S. The smallest absolute Gasteiger partial charge is 0.328 e. The van der Waals surface area contributed by atoms with E-state index in [-0.39, 0.29) is 4.90 Å². The van der Waals surface area contributed by atoms with Gasteiger partial charge in [0.05, 0.1) is 16.6 Å². The normalized spacial score (nSPS) is 11.4. The lowest BCUT2D eigenvalue weighted by molar-refractivity contribution is 0.246. The van der Waals surface area contributed by atoms with Gasteiger partial charge < -0.3 is 5.32 Å². The summed E-state index contributed by atoms with van der Waals surface area (Å²) in [5.74, 6) is 0.869. The fraction of sp³-hybridized carbons (Fsp3) is 0.174. The number of benzene rings is 2. The SMILES string of the molecule is Cc1ccc(S(=O)(=O)NC(=O)NCCc2ccc(-n3c(C)nc4cnccc43)cc2)cc1. The Balaban J connectivity index is 1.35. The summed E-state index contributed by atoms with van der Waals surface area (Å²) in [6, 6.07) is 15.4. The fourth-order valence-corrected chi connectivity index (χ4v) is 4.37. The Bertz CT molecular complexity index is 1360. The molecule has 0 fully saturated rings. The molecule has 8 nitrogen and oxygen atoms in total. The van der Waals surface area contributed by atoms with Gasteiger partial charge in [-0.05, 0) is 56.2 Å². The van der Waals surface area contributed by atoms with Crippen LogP contribution in [0.1, 0.15) is 17.0 Å². The van der Waals surface area contributed by atoms with Crippen LogP contribution in [0.3, 0.4) is 0 Å². The van der Waals surface area contributed by atoms with Crippen LogP contribution in [0.5, 0.6) is 0 Å². The number of urea groups is 1. The number of pyridine rings is 1. The van der Waals surface area contributed by atoms with Crippen LogP contribution in [0.2, 0.25) is 0 Å². The van der Waals surface area contributed by atoms with Crippen LogP contribution in [-0.4, -0.2) is 35.5 Å². The van der Waals surface area contributed by atoms with Crippen LogP contribution < -0.4 is 10.0 Å². The molecule has 2 aromatic carbocycles. The molecule has 9 heteroatoms. The first-order valence-electron chi connectivity index (χ1n) is 10.1. The highest BCUT2D eigenvalue weighted by atomic mass is 32.2. The van der Waals surface area contributed by atoms with Gasteiger partial charge in [-0.25, -0.2) is 22.9 Å². The Morgan fingerprint density at radius 3 is 2.44 bits per heavy atom. The second-order valence-corrected chi connectivity index (χ2v) is 9.13. The fourth-order valence-electron chi connectivity index (χ4n) is 3.45. The van der Waals surface area contributed by atoms with Crippen molar-refractivity contribution >= 4 is 27.1 Å². The van der Waals surface area contributed by atoms with Gasteiger partial charge in [-0.3, -0.25) is 9.55 Å². The number of sulfonamides is 1. The molecule has 0 saturated heterocycles. The molecule has 32 heavy (non-hydrogen) atoms. The number of imidazole rings is 1. The Morgan fingerprint density at radius 1 is 1.00 bits per heavy atom. The highest BCUT2D eigenvalue weighted by Gasteiger charge is 2.17. The second-order valence-electron chi connectivity index (χ2n) is 7.45. The Labute approximate surface area is 186 Å². The van der Waals surface area contributed by atoms with E-state index in [0.717, 1.165) is 33.7 Å². The summed E-state index contributed by atoms with van der Waals surface area (Å²) in [4.78, 5) is 20.7. The molecule has 0 saturated carbocycles. The van der Waals surface area contributed by atoms with Crippen molar-refractivity contribution < 1.29 is 13.2 Å². The van der Waals surface area contributed by atoms with Crippen LogP contribution in [0.15, 0.2) is 71.9 Å². The third-order valence-corrected chi connectivity index (χ3v) is 6.42. The minimum absolute atomic E-state index is 0.0481. The van der Waals surface area contributed by atoms with Gasteiger partial charge in [0.15, 0.2) is 0 Å². The van der Waals surface area contributed by atoms with Crippen molar-refractivity contribution in [3.05, 3.63) is 83.9 Å². The minimum Gasteiger partial charge on any atom is -0.337 e. The first kappa shape index (κ1) is 21.5. The highest BCUT2D eigenvalue weighted by molar-refractivity contribution is 7.90. The van der Waals surface area contributed by atoms with E-state index in [0.29, 0.717) is 13.0 Å². The van der Waals surface area contributed by atoms with Crippen molar-refractivity contribution in [2.45, 2.75) is 25.2 Å². The number of fused-ring (bicyclic) bond motifs is 1. The molecule has 0 aliphatic heterocycles. The van der Waals surface area contributed by atoms with E-state index < -0.39 is 16.1 Å². The molecule has 2 N–H and O–H groups in total. The zero-order valence-corrected chi connectivity index (χ0v) is 18.6. The summed E-state index contributed by atoms with van der Waals surface area (Å²) < 4.78 is 28.6. The predicted molar refractivity (Wildman–Crippen MR) is 122 cm³/mol. The maximum Gasteiger partial charge on any atom is 0.328 e. The van der Waals surface area contributed by atoms with Crippen molar-refractivity contribution in [3.8, 4) is 5.69 Å². The lowest BCUT2D eigenvalue weighted by Crippen LogP contribution is -2.40. The number of aryl methyl sites for hydroxylation is 2. The summed E-state index contributed by atoms with van der Waals surface area (Å²) in [6.07, 6.45) is 4.04. The molecule has 2 heterocycles. The van der Waals surface area contributed by atoms with Crippen molar-refractivity contribution in [2.75, 3.05) is 6.54 Å². The summed E-state index contributed by atoms with van der Waals surface area (Å²) in [5, 5.41) is 2.59. The van der Waals surface area contributed by atoms with Crippen molar-refractivity contribution in [1.29, 1.82) is 0 Å². The van der Waals surface area contributed by atoms with E-state index in [2.05, 4.69) is 19.9 Å². The van der Waals surface area contributed by atoms with Gasteiger partial charge >= 0.3 is 6.03 Å². The van der Waals surface area contributed by atoms with Gasteiger partial charge in [-0.1, -0.05) is 29.8 Å². The van der Waals surface area contributed by atoms with Crippen LogP contribution in [0.25, 0.3) is 16.7 Å². The van der Waals surface area contributed by atoms with Crippen molar-refractivity contribution in [1.82, 2.24) is 24.6 Å². The average molecular weight is 450 g/mol. The molecule has 0 bridgehead atoms. The molecular weight excluding hydrogens is 426 g/mol. The number of carbonyl (C=O) groups excluding carboxylic acids is 1. The maximum absolute atomic E-state index is 12.3. The second kappa shape index (κ2) is 8.80. The van der Waals surface area contributed by atoms with Gasteiger partial charge in [0.1, 0.15) is 11.3 Å². The number of rotatable bonds is 6. The van der Waals surface area contributed by atoms with Crippen LogP contribution in [0.4, 0.5) is 4.79 Å².